The summed E-state index contributed by atoms with van der Waals surface area (Å²) in [5.74, 6) is -3.84. The molecule has 0 bridgehead atoms. The number of amides is 3. The lowest BCUT2D eigenvalue weighted by Crippen LogP contribution is -2.52. The molecule has 3 rings (SSSR count). The molecule has 2 atom stereocenters. The molecule has 0 spiro atoms. The molecule has 1 aromatic carbocycles. The van der Waals surface area contributed by atoms with Gasteiger partial charge in [-0.1, -0.05) is 12.1 Å². The zero-order valence-electron chi connectivity index (χ0n) is 14.4. The average Bonchev–Trinajstić information content (AvgIpc) is 3.00. The number of imide groups is 1. The van der Waals surface area contributed by atoms with E-state index in [1.54, 1.807) is 31.2 Å². The third kappa shape index (κ3) is 2.38. The smallest absolute Gasteiger partial charge is 0.355 e. The van der Waals surface area contributed by atoms with Gasteiger partial charge in [-0.05, 0) is 41.9 Å². The largest absolute Gasteiger partial charge is 0.461 e. The first-order valence-corrected chi connectivity index (χ1v) is 8.73. The summed E-state index contributed by atoms with van der Waals surface area (Å²) in [7, 11) is 0. The molecular weight excluding hydrogens is 406 g/mol. The Bertz CT molecular complexity index is 868. The van der Waals surface area contributed by atoms with Crippen molar-refractivity contribution in [2.75, 3.05) is 11.5 Å². The van der Waals surface area contributed by atoms with Crippen LogP contribution >= 0.6 is 15.9 Å². The lowest BCUT2D eigenvalue weighted by Gasteiger charge is -2.28. The van der Waals surface area contributed by atoms with Gasteiger partial charge in [0.05, 0.1) is 12.3 Å². The molecule has 2 unspecified atom stereocenters. The quantitative estimate of drug-likeness (QED) is 0.543. The van der Waals surface area contributed by atoms with E-state index in [4.69, 9.17) is 4.74 Å². The van der Waals surface area contributed by atoms with Crippen LogP contribution in [0.4, 0.5) is 5.69 Å². The van der Waals surface area contributed by atoms with Crippen LogP contribution in [0.2, 0.25) is 0 Å². The molecule has 136 valence electrons. The second kappa shape index (κ2) is 6.31. The van der Waals surface area contributed by atoms with E-state index in [1.807, 2.05) is 0 Å². The summed E-state index contributed by atoms with van der Waals surface area (Å²) in [6, 6.07) is 6.72. The Labute approximate surface area is 157 Å². The van der Waals surface area contributed by atoms with Crippen LogP contribution in [0.25, 0.3) is 0 Å². The Morgan fingerprint density at radius 3 is 2.54 bits per heavy atom. The molecule has 1 aromatic rings. The summed E-state index contributed by atoms with van der Waals surface area (Å²) in [5.41, 5.74) is -1.51. The van der Waals surface area contributed by atoms with Gasteiger partial charge in [0.25, 0.3) is 5.91 Å². The molecule has 1 saturated heterocycles. The number of hydrogen-bond acceptors (Lipinski definition) is 6. The Kier molecular flexibility index (Phi) is 4.43. The molecule has 8 nitrogen and oxygen atoms in total. The van der Waals surface area contributed by atoms with E-state index in [2.05, 4.69) is 21.0 Å². The van der Waals surface area contributed by atoms with Crippen molar-refractivity contribution in [2.45, 2.75) is 26.3 Å². The predicted octanol–water partition coefficient (Wildman–Crippen LogP) is 1.48. The third-order valence-corrected chi connectivity index (χ3v) is 5.13. The number of anilines is 1. The van der Waals surface area contributed by atoms with Crippen molar-refractivity contribution in [3.05, 3.63) is 28.7 Å². The van der Waals surface area contributed by atoms with Gasteiger partial charge in [-0.15, -0.1) is 0 Å². The number of hydrogen-bond donors (Lipinski definition) is 0. The molecule has 2 heterocycles. The second-order valence-electron chi connectivity index (χ2n) is 6.05. The van der Waals surface area contributed by atoms with Crippen molar-refractivity contribution >= 4 is 51.0 Å². The van der Waals surface area contributed by atoms with Crippen molar-refractivity contribution in [2.24, 2.45) is 11.0 Å². The molecule has 3 amide bonds. The molecule has 0 saturated carbocycles. The average molecular weight is 422 g/mol. The molecule has 26 heavy (non-hydrogen) atoms. The molecular formula is C17H16BrN3O5. The molecule has 2 aliphatic rings. The summed E-state index contributed by atoms with van der Waals surface area (Å²) in [4.78, 5) is 51.6. The highest BCUT2D eigenvalue weighted by Crippen LogP contribution is 2.44. The highest BCUT2D eigenvalue weighted by molar-refractivity contribution is 9.10. The van der Waals surface area contributed by atoms with Gasteiger partial charge in [0, 0.05) is 11.4 Å². The summed E-state index contributed by atoms with van der Waals surface area (Å²) >= 11 is 3.32. The fourth-order valence-electron chi connectivity index (χ4n) is 3.31. The van der Waals surface area contributed by atoms with Crippen molar-refractivity contribution < 1.29 is 23.9 Å². The highest BCUT2D eigenvalue weighted by Gasteiger charge is 2.68. The predicted molar refractivity (Wildman–Crippen MR) is 95.1 cm³/mol. The third-order valence-electron chi connectivity index (χ3n) is 4.46. The first kappa shape index (κ1) is 18.2. The van der Waals surface area contributed by atoms with Crippen molar-refractivity contribution in [1.29, 1.82) is 0 Å². The number of benzene rings is 1. The number of fused-ring (bicyclic) bond motifs is 1. The number of rotatable bonds is 3. The van der Waals surface area contributed by atoms with Crippen LogP contribution in [-0.2, 0) is 23.9 Å². The molecule has 0 N–H and O–H groups in total. The topological polar surface area (TPSA) is 96.3 Å². The Morgan fingerprint density at radius 1 is 1.31 bits per heavy atom. The number of nitrogens with zero attached hydrogens (tertiary/aromatic N) is 3. The van der Waals surface area contributed by atoms with Crippen LogP contribution < -0.4 is 4.90 Å². The van der Waals surface area contributed by atoms with Gasteiger partial charge in [-0.2, -0.15) is 5.10 Å². The van der Waals surface area contributed by atoms with Crippen LogP contribution in [0.15, 0.2) is 33.8 Å². The van der Waals surface area contributed by atoms with Gasteiger partial charge in [0.1, 0.15) is 5.92 Å². The maximum absolute atomic E-state index is 13.2. The van der Waals surface area contributed by atoms with Gasteiger partial charge >= 0.3 is 5.97 Å². The monoisotopic (exact) mass is 421 g/mol. The van der Waals surface area contributed by atoms with Gasteiger partial charge in [-0.25, -0.2) is 14.7 Å². The zero-order valence-corrected chi connectivity index (χ0v) is 15.9. The minimum atomic E-state index is -1.61. The summed E-state index contributed by atoms with van der Waals surface area (Å²) in [6.45, 7) is 4.35. The van der Waals surface area contributed by atoms with Crippen molar-refractivity contribution in [3.63, 3.8) is 0 Å². The van der Waals surface area contributed by atoms with Gasteiger partial charge in [0.2, 0.25) is 11.8 Å². The van der Waals surface area contributed by atoms with Crippen LogP contribution in [0.1, 0.15) is 20.8 Å². The Hall–Kier alpha value is -2.55. The second-order valence-corrected chi connectivity index (χ2v) is 6.90. The summed E-state index contributed by atoms with van der Waals surface area (Å²) < 4.78 is 5.49. The van der Waals surface area contributed by atoms with E-state index in [1.165, 1.54) is 13.8 Å². The number of esters is 1. The molecule has 0 radical (unpaired) electrons. The number of carbonyl (C=O) groups is 4. The Morgan fingerprint density at radius 2 is 1.96 bits per heavy atom. The highest BCUT2D eigenvalue weighted by atomic mass is 79.9. The normalized spacial score (nSPS) is 24.6. The Balaban J connectivity index is 2.15. The maximum atomic E-state index is 13.2. The van der Waals surface area contributed by atoms with E-state index in [-0.39, 0.29) is 12.3 Å². The van der Waals surface area contributed by atoms with Crippen LogP contribution in [0.3, 0.4) is 0 Å². The zero-order chi connectivity index (χ0) is 19.2. The van der Waals surface area contributed by atoms with E-state index >= 15 is 0 Å². The number of ether oxygens (including phenoxy) is 1. The number of carbonyl (C=O) groups excluding carboxylic acids is 4. The van der Waals surface area contributed by atoms with Gasteiger partial charge in [-0.3, -0.25) is 14.4 Å². The lowest BCUT2D eigenvalue weighted by molar-refractivity contribution is -0.142. The van der Waals surface area contributed by atoms with Crippen molar-refractivity contribution in [1.82, 2.24) is 5.01 Å². The summed E-state index contributed by atoms with van der Waals surface area (Å²) in [5, 5.41) is 4.86. The molecule has 0 aliphatic carbocycles. The van der Waals surface area contributed by atoms with Crippen LogP contribution in [0, 0.1) is 5.92 Å². The number of para-hydroxylation sites is 1. The lowest BCUT2D eigenvalue weighted by atomic mass is 9.85. The SMILES string of the molecule is CCOC(=O)C1=NN(C(C)=O)C2(C)C(=O)N(c3ccccc3Br)C(=O)C12. The summed E-state index contributed by atoms with van der Waals surface area (Å²) in [6.07, 6.45) is 0. The standard InChI is InChI=1S/C17H16BrN3O5/c1-4-26-15(24)13-12-14(23)20(11-8-6-5-7-10(11)18)16(25)17(12,3)21(19-13)9(2)22/h5-8,12H,4H2,1-3H3. The molecule has 1 fully saturated rings. The first-order valence-electron chi connectivity index (χ1n) is 7.94. The molecule has 0 aromatic heterocycles. The number of hydrazone groups is 1. The minimum absolute atomic E-state index is 0.0808. The number of halogens is 1. The molecule has 9 heteroatoms. The first-order chi connectivity index (χ1) is 12.2. The molecule has 2 aliphatic heterocycles. The van der Waals surface area contributed by atoms with E-state index in [9.17, 15) is 19.2 Å². The van der Waals surface area contributed by atoms with E-state index in [0.717, 1.165) is 9.91 Å². The fourth-order valence-corrected chi connectivity index (χ4v) is 3.77. The van der Waals surface area contributed by atoms with Crippen LogP contribution in [0.5, 0.6) is 0 Å². The maximum Gasteiger partial charge on any atom is 0.355 e. The van der Waals surface area contributed by atoms with Gasteiger partial charge in [0.15, 0.2) is 11.3 Å². The van der Waals surface area contributed by atoms with E-state index in [0.29, 0.717) is 10.2 Å². The fraction of sp³-hybridized carbons (Fsp3) is 0.353. The van der Waals surface area contributed by atoms with Crippen LogP contribution in [-0.4, -0.2) is 46.6 Å². The van der Waals surface area contributed by atoms with Gasteiger partial charge < -0.3 is 4.74 Å². The van der Waals surface area contributed by atoms with E-state index < -0.39 is 35.1 Å². The van der Waals surface area contributed by atoms with Crippen molar-refractivity contribution in [3.8, 4) is 0 Å². The minimum Gasteiger partial charge on any atom is -0.461 e.